The van der Waals surface area contributed by atoms with Gasteiger partial charge >= 0.3 is 0 Å². The van der Waals surface area contributed by atoms with Gasteiger partial charge in [0, 0.05) is 99.4 Å². The topological polar surface area (TPSA) is 177 Å². The lowest BCUT2D eigenvalue weighted by Gasteiger charge is -2.30. The minimum absolute atomic E-state index is 0.0547. The van der Waals surface area contributed by atoms with Crippen molar-refractivity contribution >= 4 is 70.6 Å². The molecule has 3 fully saturated rings. The fraction of sp³-hybridized carbons (Fsp3) is 0.531. The molecular formula is C128H176O12S6. The van der Waals surface area contributed by atoms with Gasteiger partial charge in [0.05, 0.1) is 0 Å². The van der Waals surface area contributed by atoms with Crippen molar-refractivity contribution in [2.45, 2.75) is 433 Å². The van der Waals surface area contributed by atoms with E-state index in [0.29, 0.717) is 101 Å². The molecule has 0 heterocycles. The SMILES string of the molecule is CC(C)(C)Oc1cc(C(C)(C)C)cc(CSC2CCCCCC[C@@H]2SCc2cc(C(C)(C)C)cc(OC(C)(C)C)c2O)c1O.CC(C)(C)c1cc(CSC2CCCCCC[C@@H]2SCc2cc(C(C)(C)C)cc(Oc3ccccc3)c2O)c(O)c(Oc2ccccc2)c1.Cc1cc(C)c(Oc2cc(C(C)(C)C)cc(CSC3CCCCCC[C@@H]3SCc3cc(C(C)(C)C)cc(Oc4c(C)cc(C)cc4C)c3O)c2O)c(C)c1. The van der Waals surface area contributed by atoms with Crippen LogP contribution in [0.4, 0.5) is 0 Å². The highest BCUT2D eigenvalue weighted by Crippen LogP contribution is 2.53. The number of aromatic hydroxyl groups is 6. The molecule has 0 spiro atoms. The van der Waals surface area contributed by atoms with Crippen LogP contribution in [0, 0.1) is 41.5 Å². The number of rotatable bonds is 28. The molecule has 0 aromatic heterocycles. The average molecular weight is 2100 g/mol. The first-order valence-electron chi connectivity index (χ1n) is 53.6. The number of phenolic OH excluding ortho intramolecular Hbond substituents is 6. The molecule has 3 aliphatic carbocycles. The molecule has 6 N–H and O–H groups in total. The van der Waals surface area contributed by atoms with Crippen molar-refractivity contribution in [1.82, 2.24) is 0 Å². The number of hydrogen-bond acceptors (Lipinski definition) is 18. The number of thioether (sulfide) groups is 6. The Bertz CT molecular complexity index is 5540. The van der Waals surface area contributed by atoms with Crippen LogP contribution in [-0.4, -0.2) is 73.3 Å². The summed E-state index contributed by atoms with van der Waals surface area (Å²) in [7, 11) is 0. The van der Waals surface area contributed by atoms with Crippen molar-refractivity contribution in [3.05, 3.63) is 258 Å². The third-order valence-electron chi connectivity index (χ3n) is 27.7. The zero-order valence-corrected chi connectivity index (χ0v) is 98.9. The predicted molar refractivity (Wildman–Crippen MR) is 630 cm³/mol. The van der Waals surface area contributed by atoms with Crippen LogP contribution >= 0.6 is 70.6 Å². The van der Waals surface area contributed by atoms with Gasteiger partial charge in [0.15, 0.2) is 69.0 Å². The summed E-state index contributed by atoms with van der Waals surface area (Å²) in [4.78, 5) is 0. The van der Waals surface area contributed by atoms with E-state index in [1.165, 1.54) is 112 Å². The van der Waals surface area contributed by atoms with Gasteiger partial charge in [-0.15, -0.1) is 0 Å². The van der Waals surface area contributed by atoms with E-state index in [0.717, 1.165) is 127 Å². The molecule has 3 unspecified atom stereocenters. The van der Waals surface area contributed by atoms with Gasteiger partial charge in [0.25, 0.3) is 0 Å². The standard InChI is InChI=1S/C48H64O4S2.C42H52O4S2.C38H60O4S2/c1-29-19-31(3)45(32(4)20-29)51-39-25-37(47(7,8)9)23-35(43(39)49)27-53-41-17-15-13-14-16-18-42(41)54-28-36-24-38(48(10,11)12)26-40(44(36)50)52-46-33(5)21-30(2)22-34(46)6;1-41(2,3)31-23-29(39(43)35(25-31)45-33-17-11-9-12-18-33)27-47-37-21-15-7-8-16-22-38(37)48-28-30-24-32(42(4,5)6)26-36(40(30)44)46-34-19-13-10-14-20-34;1-35(2,3)27-19-25(33(39)29(21-27)41-37(7,8)9)23-43-31-17-15-13-14-16-18-32(31)44-24-26-20-28(36(4,5)6)22-30(34(26)40)42-38(10,11)12/h19-26,41-42,49-50H,13-18,27-28H2,1-12H3;9-14,17-20,23-26,37-38,43-44H,7-8,15-16,21-22,27-28H2,1-6H3;19-22,31-32,39-40H,13-18,23-24H2,1-12H3/t41-,42?;37-,38?;31-,32?/m000/s1. The summed E-state index contributed by atoms with van der Waals surface area (Å²) in [5.74, 6) is 12.1. The van der Waals surface area contributed by atoms with Crippen molar-refractivity contribution in [2.75, 3.05) is 0 Å². The van der Waals surface area contributed by atoms with E-state index in [4.69, 9.17) is 28.4 Å². The highest BCUT2D eigenvalue weighted by atomic mass is 32.2. The molecule has 0 saturated heterocycles. The summed E-state index contributed by atoms with van der Waals surface area (Å²) in [6, 6.07) is 53.0. The van der Waals surface area contributed by atoms with Crippen LogP contribution in [0.2, 0.25) is 0 Å². The van der Waals surface area contributed by atoms with E-state index in [9.17, 15) is 30.6 Å². The average Bonchev–Trinajstić information content (AvgIpc) is 0.808. The maximum Gasteiger partial charge on any atom is 0.169 e. The minimum atomic E-state index is -0.396. The van der Waals surface area contributed by atoms with Crippen molar-refractivity contribution in [3.8, 4) is 92.0 Å². The lowest BCUT2D eigenvalue weighted by Crippen LogP contribution is -2.24. The summed E-state index contributed by atoms with van der Waals surface area (Å²) in [6.45, 7) is 64.4. The molecule has 10 aromatic carbocycles. The largest absolute Gasteiger partial charge is 0.504 e. The number of benzene rings is 10. The Kier molecular flexibility index (Phi) is 41.6. The van der Waals surface area contributed by atoms with E-state index in [1.807, 2.05) is 209 Å². The van der Waals surface area contributed by atoms with E-state index < -0.39 is 11.2 Å². The first kappa shape index (κ1) is 118. The van der Waals surface area contributed by atoms with Crippen LogP contribution in [0.15, 0.2) is 158 Å². The summed E-state index contributed by atoms with van der Waals surface area (Å²) in [5.41, 5.74) is 17.9. The van der Waals surface area contributed by atoms with Crippen LogP contribution in [0.3, 0.4) is 0 Å². The molecule has 3 saturated carbocycles. The quantitative estimate of drug-likeness (QED) is 0.0273. The number of para-hydroxylation sites is 2. The molecule has 0 amide bonds. The Morgan fingerprint density at radius 2 is 0.404 bits per heavy atom. The van der Waals surface area contributed by atoms with Gasteiger partial charge in [-0.3, -0.25) is 0 Å². The summed E-state index contributed by atoms with van der Waals surface area (Å²) in [6.07, 6.45) is 21.8. The van der Waals surface area contributed by atoms with Crippen molar-refractivity contribution in [1.29, 1.82) is 0 Å². The molecule has 18 heteroatoms. The van der Waals surface area contributed by atoms with Crippen LogP contribution in [0.5, 0.6) is 92.0 Å². The molecule has 146 heavy (non-hydrogen) atoms. The van der Waals surface area contributed by atoms with Gasteiger partial charge in [-0.05, 0) is 270 Å². The lowest BCUT2D eigenvalue weighted by molar-refractivity contribution is 0.125. The second-order valence-corrected chi connectivity index (χ2v) is 56.7. The number of aryl methyl sites for hydroxylation is 6. The maximum atomic E-state index is 11.7. The minimum Gasteiger partial charge on any atom is -0.504 e. The fourth-order valence-electron chi connectivity index (χ4n) is 19.1. The van der Waals surface area contributed by atoms with Crippen molar-refractivity contribution in [2.24, 2.45) is 0 Å². The molecule has 3 aliphatic rings. The zero-order chi connectivity index (χ0) is 107. The first-order valence-corrected chi connectivity index (χ1v) is 59.9. The third-order valence-corrected chi connectivity index (χ3v) is 37.0. The molecule has 796 valence electrons. The molecule has 0 aliphatic heterocycles. The normalized spacial score (nSPS) is 17.7. The summed E-state index contributed by atoms with van der Waals surface area (Å²) >= 11 is 11.8. The van der Waals surface area contributed by atoms with Gasteiger partial charge < -0.3 is 59.1 Å². The number of hydrogen-bond donors (Lipinski definition) is 6. The molecule has 0 bridgehead atoms. The second kappa shape index (κ2) is 51.3. The second-order valence-electron chi connectivity index (χ2n) is 49.4. The summed E-state index contributed by atoms with van der Waals surface area (Å²) < 4.78 is 38.0. The first-order chi connectivity index (χ1) is 68.3. The van der Waals surface area contributed by atoms with E-state index in [1.54, 1.807) is 0 Å². The Morgan fingerprint density at radius 3 is 0.589 bits per heavy atom. The maximum absolute atomic E-state index is 11.7. The Balaban J connectivity index is 0.000000210. The fourth-order valence-corrected chi connectivity index (χ4v) is 28.3. The summed E-state index contributed by atoms with van der Waals surface area (Å²) in [5, 5.41) is 71.7. The Morgan fingerprint density at radius 1 is 0.226 bits per heavy atom. The predicted octanol–water partition coefficient (Wildman–Crippen LogP) is 38.2. The van der Waals surface area contributed by atoms with Gasteiger partial charge in [-0.25, -0.2) is 0 Å². The lowest BCUT2D eigenvalue weighted by atomic mass is 9.86. The third kappa shape index (κ3) is 34.7. The van der Waals surface area contributed by atoms with Crippen LogP contribution in [0.25, 0.3) is 0 Å². The molecule has 12 nitrogen and oxygen atoms in total. The smallest absolute Gasteiger partial charge is 0.169 e. The monoisotopic (exact) mass is 2100 g/mol. The van der Waals surface area contributed by atoms with Gasteiger partial charge in [0.2, 0.25) is 0 Å². The molecule has 10 aromatic rings. The van der Waals surface area contributed by atoms with E-state index >= 15 is 0 Å². The Hall–Kier alpha value is -8.10. The van der Waals surface area contributed by atoms with E-state index in [2.05, 4.69) is 227 Å². The molecule has 6 atom stereocenters. The van der Waals surface area contributed by atoms with Gasteiger partial charge in [0.1, 0.15) is 34.2 Å². The molecule has 13 rings (SSSR count). The van der Waals surface area contributed by atoms with Gasteiger partial charge in [-0.1, -0.05) is 310 Å². The van der Waals surface area contributed by atoms with E-state index in [-0.39, 0.29) is 67.0 Å². The van der Waals surface area contributed by atoms with Gasteiger partial charge in [-0.2, -0.15) is 70.6 Å². The molecular weight excluding hydrogens is 1920 g/mol. The van der Waals surface area contributed by atoms with Crippen LogP contribution in [0.1, 0.15) is 382 Å². The highest BCUT2D eigenvalue weighted by Gasteiger charge is 2.35. The van der Waals surface area contributed by atoms with Crippen molar-refractivity contribution < 1.29 is 59.1 Å². The molecule has 0 radical (unpaired) electrons. The highest BCUT2D eigenvalue weighted by molar-refractivity contribution is 8.04. The van der Waals surface area contributed by atoms with Crippen LogP contribution in [-0.2, 0) is 67.0 Å². The number of ether oxygens (including phenoxy) is 6. The zero-order valence-electron chi connectivity index (χ0n) is 94.0. The van der Waals surface area contributed by atoms with Crippen molar-refractivity contribution in [3.63, 3.8) is 0 Å². The number of phenols is 6. The van der Waals surface area contributed by atoms with Crippen LogP contribution < -0.4 is 28.4 Å². The Labute approximate surface area is 905 Å².